The van der Waals surface area contributed by atoms with Crippen LogP contribution in [0.4, 0.5) is 0 Å². The maximum Gasteiger partial charge on any atom is 0.263 e. The number of nitrogens with zero attached hydrogens (tertiary/aromatic N) is 2. The lowest BCUT2D eigenvalue weighted by Crippen LogP contribution is -2.38. The summed E-state index contributed by atoms with van der Waals surface area (Å²) < 4.78 is 0. The summed E-state index contributed by atoms with van der Waals surface area (Å²) >= 11 is 1.70. The van der Waals surface area contributed by atoms with Gasteiger partial charge in [0.1, 0.15) is 0 Å². The van der Waals surface area contributed by atoms with E-state index < -0.39 is 0 Å². The van der Waals surface area contributed by atoms with Gasteiger partial charge >= 0.3 is 0 Å². The van der Waals surface area contributed by atoms with E-state index in [2.05, 4.69) is 23.2 Å². The van der Waals surface area contributed by atoms with Crippen molar-refractivity contribution in [2.24, 2.45) is 5.92 Å². The highest BCUT2D eigenvalue weighted by molar-refractivity contribution is 7.14. The molecule has 0 radical (unpaired) electrons. The molecule has 2 atom stereocenters. The van der Waals surface area contributed by atoms with Gasteiger partial charge in [0.05, 0.1) is 22.9 Å². The highest BCUT2D eigenvalue weighted by atomic mass is 32.1. The molecule has 6 heteroatoms. The van der Waals surface area contributed by atoms with Gasteiger partial charge < -0.3 is 10.0 Å². The fraction of sp³-hybridized carbons (Fsp3) is 0.579. The van der Waals surface area contributed by atoms with E-state index in [9.17, 15) is 9.90 Å². The molecule has 134 valence electrons. The third-order valence-corrected chi connectivity index (χ3v) is 6.71. The number of thiophene rings is 1. The zero-order valence-electron chi connectivity index (χ0n) is 14.6. The second kappa shape index (κ2) is 6.92. The van der Waals surface area contributed by atoms with E-state index in [4.69, 9.17) is 0 Å². The molecular formula is C19H25N3O2S. The van der Waals surface area contributed by atoms with Gasteiger partial charge in [-0.3, -0.25) is 9.89 Å². The van der Waals surface area contributed by atoms with Gasteiger partial charge in [-0.2, -0.15) is 5.10 Å². The third-order valence-electron chi connectivity index (χ3n) is 5.49. The molecule has 0 unspecified atom stereocenters. The maximum absolute atomic E-state index is 13.0. The Kier molecular flexibility index (Phi) is 4.65. The second-order valence-corrected chi connectivity index (χ2v) is 8.61. The summed E-state index contributed by atoms with van der Waals surface area (Å²) in [7, 11) is 0. The first kappa shape index (κ1) is 16.8. The van der Waals surface area contributed by atoms with Crippen molar-refractivity contribution < 1.29 is 9.90 Å². The number of aromatic nitrogens is 2. The van der Waals surface area contributed by atoms with Crippen molar-refractivity contribution in [3.63, 3.8) is 0 Å². The number of piperidine rings is 1. The largest absolute Gasteiger partial charge is 0.390 e. The normalized spacial score (nSPS) is 23.5. The van der Waals surface area contributed by atoms with E-state index in [0.29, 0.717) is 6.54 Å². The summed E-state index contributed by atoms with van der Waals surface area (Å²) in [6, 6.07) is 4.06. The molecule has 1 aliphatic heterocycles. The minimum atomic E-state index is -0.0263. The number of aromatic amines is 1. The van der Waals surface area contributed by atoms with Crippen LogP contribution in [0.15, 0.2) is 12.1 Å². The minimum Gasteiger partial charge on any atom is -0.390 e. The van der Waals surface area contributed by atoms with Gasteiger partial charge in [-0.05, 0) is 55.7 Å². The summed E-state index contributed by atoms with van der Waals surface area (Å²) in [5.74, 6) is 1.16. The fourth-order valence-corrected chi connectivity index (χ4v) is 5.22. The lowest BCUT2D eigenvalue weighted by atomic mass is 9.90. The summed E-state index contributed by atoms with van der Waals surface area (Å²) in [6.45, 7) is 3.81. The monoisotopic (exact) mass is 359 g/mol. The van der Waals surface area contributed by atoms with Crippen LogP contribution in [0.2, 0.25) is 0 Å². The molecule has 1 fully saturated rings. The molecule has 25 heavy (non-hydrogen) atoms. The standard InChI is InChI=1S/C19H25N3O2S/c1-12-4-5-17-14(7-12)8-18(25-17)19(24)22-6-2-3-13(10-22)16-9-15(11-23)20-21-16/h8-9,12-13,23H,2-7,10-11H2,1H3,(H,20,21)/t12-,13+/m0/s1. The summed E-state index contributed by atoms with van der Waals surface area (Å²) in [4.78, 5) is 17.3. The Hall–Kier alpha value is -1.66. The van der Waals surface area contributed by atoms with Crippen molar-refractivity contribution in [2.75, 3.05) is 13.1 Å². The van der Waals surface area contributed by atoms with Gasteiger partial charge in [-0.15, -0.1) is 11.3 Å². The smallest absolute Gasteiger partial charge is 0.263 e. The van der Waals surface area contributed by atoms with E-state index in [-0.39, 0.29) is 18.4 Å². The van der Waals surface area contributed by atoms with Crippen molar-refractivity contribution in [1.82, 2.24) is 15.1 Å². The lowest BCUT2D eigenvalue weighted by Gasteiger charge is -2.31. The zero-order valence-corrected chi connectivity index (χ0v) is 15.4. The van der Waals surface area contributed by atoms with Crippen molar-refractivity contribution in [3.05, 3.63) is 38.8 Å². The van der Waals surface area contributed by atoms with E-state index in [1.165, 1.54) is 16.9 Å². The predicted octanol–water partition coefficient (Wildman–Crippen LogP) is 3.11. The molecule has 1 amide bonds. The van der Waals surface area contributed by atoms with Gasteiger partial charge in [0.2, 0.25) is 0 Å². The van der Waals surface area contributed by atoms with Crippen LogP contribution in [0.25, 0.3) is 0 Å². The SMILES string of the molecule is C[C@H]1CCc2sc(C(=O)N3CCC[C@@H](c4cc(CO)[nH]n4)C3)cc2C1. The van der Waals surface area contributed by atoms with Crippen molar-refractivity contribution in [1.29, 1.82) is 0 Å². The molecule has 0 bridgehead atoms. The van der Waals surface area contributed by atoms with Gasteiger partial charge in [-0.25, -0.2) is 0 Å². The Morgan fingerprint density at radius 1 is 1.44 bits per heavy atom. The van der Waals surface area contributed by atoms with Crippen molar-refractivity contribution in [2.45, 2.75) is 51.6 Å². The highest BCUT2D eigenvalue weighted by Gasteiger charge is 2.29. The number of hydrogen-bond acceptors (Lipinski definition) is 4. The molecule has 4 rings (SSSR count). The van der Waals surface area contributed by atoms with Crippen molar-refractivity contribution in [3.8, 4) is 0 Å². The van der Waals surface area contributed by atoms with Crippen LogP contribution in [-0.2, 0) is 19.4 Å². The molecule has 3 heterocycles. The average molecular weight is 359 g/mol. The Labute approximate surface area is 152 Å². The second-order valence-electron chi connectivity index (χ2n) is 7.47. The van der Waals surface area contributed by atoms with Crippen LogP contribution in [0.1, 0.15) is 63.6 Å². The first-order chi connectivity index (χ1) is 12.1. The quantitative estimate of drug-likeness (QED) is 0.885. The summed E-state index contributed by atoms with van der Waals surface area (Å²) in [5, 5.41) is 16.4. The predicted molar refractivity (Wildman–Crippen MR) is 97.9 cm³/mol. The Morgan fingerprint density at radius 2 is 2.32 bits per heavy atom. The topological polar surface area (TPSA) is 69.2 Å². The summed E-state index contributed by atoms with van der Waals surface area (Å²) in [6.07, 6.45) is 5.50. The lowest BCUT2D eigenvalue weighted by molar-refractivity contribution is 0.0710. The zero-order chi connectivity index (χ0) is 17.4. The number of carbonyl (C=O) groups is 1. The molecule has 0 aromatic carbocycles. The van der Waals surface area contributed by atoms with E-state index in [1.54, 1.807) is 11.3 Å². The number of aryl methyl sites for hydroxylation is 1. The summed E-state index contributed by atoms with van der Waals surface area (Å²) in [5.41, 5.74) is 3.08. The number of amides is 1. The van der Waals surface area contributed by atoms with Crippen LogP contribution in [0, 0.1) is 5.92 Å². The third kappa shape index (κ3) is 3.37. The van der Waals surface area contributed by atoms with Gasteiger partial charge in [0.15, 0.2) is 0 Å². The number of hydrogen-bond donors (Lipinski definition) is 2. The first-order valence-electron chi connectivity index (χ1n) is 9.20. The molecule has 0 saturated carbocycles. The maximum atomic E-state index is 13.0. The average Bonchev–Trinajstić information content (AvgIpc) is 3.27. The van der Waals surface area contributed by atoms with Crippen LogP contribution < -0.4 is 0 Å². The van der Waals surface area contributed by atoms with E-state index >= 15 is 0 Å². The number of aliphatic hydroxyl groups excluding tert-OH is 1. The molecule has 2 aromatic heterocycles. The number of fused-ring (bicyclic) bond motifs is 1. The number of rotatable bonds is 3. The number of H-pyrrole nitrogens is 1. The van der Waals surface area contributed by atoms with Crippen LogP contribution in [0.5, 0.6) is 0 Å². The van der Waals surface area contributed by atoms with Gasteiger partial charge in [0.25, 0.3) is 5.91 Å². The molecular weight excluding hydrogens is 334 g/mol. The Balaban J connectivity index is 1.48. The Morgan fingerprint density at radius 3 is 3.12 bits per heavy atom. The number of likely N-dealkylation sites (tertiary alicyclic amines) is 1. The number of carbonyl (C=O) groups excluding carboxylic acids is 1. The number of nitrogens with one attached hydrogen (secondary N) is 1. The minimum absolute atomic E-state index is 0.0263. The van der Waals surface area contributed by atoms with Crippen LogP contribution >= 0.6 is 11.3 Å². The molecule has 5 nitrogen and oxygen atoms in total. The first-order valence-corrected chi connectivity index (χ1v) is 10.0. The van der Waals surface area contributed by atoms with E-state index in [0.717, 1.165) is 54.4 Å². The highest BCUT2D eigenvalue weighted by Crippen LogP contribution is 2.34. The van der Waals surface area contributed by atoms with Gasteiger partial charge in [-0.1, -0.05) is 6.92 Å². The number of aliphatic hydroxyl groups is 1. The van der Waals surface area contributed by atoms with Crippen molar-refractivity contribution >= 4 is 17.2 Å². The van der Waals surface area contributed by atoms with E-state index in [1.807, 2.05) is 11.0 Å². The molecule has 1 aliphatic carbocycles. The van der Waals surface area contributed by atoms with Crippen LogP contribution in [0.3, 0.4) is 0 Å². The Bertz CT molecular complexity index is 767. The van der Waals surface area contributed by atoms with Gasteiger partial charge in [0, 0.05) is 23.9 Å². The molecule has 2 N–H and O–H groups in total. The molecule has 2 aliphatic rings. The van der Waals surface area contributed by atoms with Crippen LogP contribution in [-0.4, -0.2) is 39.2 Å². The molecule has 1 saturated heterocycles. The molecule has 0 spiro atoms. The fourth-order valence-electron chi connectivity index (χ4n) is 4.04. The molecule has 2 aromatic rings.